The van der Waals surface area contributed by atoms with Crippen LogP contribution in [0.3, 0.4) is 0 Å². The highest BCUT2D eigenvalue weighted by Gasteiger charge is 2.22. The Kier molecular flexibility index (Phi) is 4.56. The molecule has 2 aromatic heterocycles. The quantitative estimate of drug-likeness (QED) is 0.790. The van der Waals surface area contributed by atoms with E-state index in [1.807, 2.05) is 0 Å². The first-order valence-electron chi connectivity index (χ1n) is 7.08. The van der Waals surface area contributed by atoms with Crippen LogP contribution >= 0.6 is 12.2 Å². The van der Waals surface area contributed by atoms with Gasteiger partial charge in [0.25, 0.3) is 0 Å². The summed E-state index contributed by atoms with van der Waals surface area (Å²) in [5, 5.41) is 0. The molecule has 0 aliphatic carbocycles. The van der Waals surface area contributed by atoms with E-state index in [0.29, 0.717) is 5.75 Å². The average molecular weight is 336 g/mol. The third-order valence-electron chi connectivity index (χ3n) is 3.44. The van der Waals surface area contributed by atoms with Gasteiger partial charge in [0.05, 0.1) is 19.9 Å². The highest BCUT2D eigenvalue weighted by molar-refractivity contribution is 7.71. The molecule has 0 aromatic carbocycles. The number of hydrogen-bond donors (Lipinski definition) is 0. The van der Waals surface area contributed by atoms with Crippen LogP contribution in [0.25, 0.3) is 0 Å². The zero-order chi connectivity index (χ0) is 17.4. The zero-order valence-electron chi connectivity index (χ0n) is 13.9. The van der Waals surface area contributed by atoms with Gasteiger partial charge in [-0.2, -0.15) is 0 Å². The molecule has 0 amide bonds. The monoisotopic (exact) mass is 336 g/mol. The molecule has 0 saturated heterocycles. The molecule has 124 valence electrons. The maximum atomic E-state index is 12.8. The van der Waals surface area contributed by atoms with Crippen molar-refractivity contribution in [1.82, 2.24) is 18.7 Å². The largest absolute Gasteiger partial charge is 0.495 e. The van der Waals surface area contributed by atoms with E-state index < -0.39 is 16.9 Å². The van der Waals surface area contributed by atoms with Crippen molar-refractivity contribution in [3.05, 3.63) is 49.8 Å². The summed E-state index contributed by atoms with van der Waals surface area (Å²) in [7, 11) is 3.11. The SMILES string of the molecule is COc1cncc(Cn2c(=S)n(C)c(=O)n(C(C)(C)C)c2=O)c1. The van der Waals surface area contributed by atoms with Gasteiger partial charge < -0.3 is 4.74 Å². The van der Waals surface area contributed by atoms with Gasteiger partial charge in [0, 0.05) is 18.8 Å². The molecule has 2 aromatic rings. The van der Waals surface area contributed by atoms with E-state index in [1.54, 1.807) is 53.4 Å². The van der Waals surface area contributed by atoms with Crippen LogP contribution in [0.15, 0.2) is 28.0 Å². The normalized spacial score (nSPS) is 11.5. The maximum absolute atomic E-state index is 12.8. The Bertz CT molecular complexity index is 903. The molecule has 7 nitrogen and oxygen atoms in total. The van der Waals surface area contributed by atoms with Crippen LogP contribution in [0, 0.1) is 4.77 Å². The van der Waals surface area contributed by atoms with Crippen molar-refractivity contribution in [3.8, 4) is 5.75 Å². The van der Waals surface area contributed by atoms with Crippen LogP contribution in [0.5, 0.6) is 5.75 Å². The molecular weight excluding hydrogens is 316 g/mol. The van der Waals surface area contributed by atoms with Gasteiger partial charge in [-0.05, 0) is 44.6 Å². The maximum Gasteiger partial charge on any atom is 0.335 e. The van der Waals surface area contributed by atoms with Crippen molar-refractivity contribution in [2.45, 2.75) is 32.9 Å². The predicted octanol–water partition coefficient (Wildman–Crippen LogP) is 1.28. The lowest BCUT2D eigenvalue weighted by molar-refractivity contribution is 0.332. The van der Waals surface area contributed by atoms with Gasteiger partial charge >= 0.3 is 11.4 Å². The number of ether oxygens (including phenoxy) is 1. The predicted molar refractivity (Wildman–Crippen MR) is 89.7 cm³/mol. The number of nitrogens with zero attached hydrogens (tertiary/aromatic N) is 4. The highest BCUT2D eigenvalue weighted by Crippen LogP contribution is 2.12. The lowest BCUT2D eigenvalue weighted by atomic mass is 10.1. The molecule has 0 fully saturated rings. The molecule has 0 bridgehead atoms. The Morgan fingerprint density at radius 2 is 1.87 bits per heavy atom. The second-order valence-electron chi connectivity index (χ2n) is 6.23. The average Bonchev–Trinajstić information content (AvgIpc) is 2.48. The number of methoxy groups -OCH3 is 1. The van der Waals surface area contributed by atoms with E-state index in [1.165, 1.54) is 13.7 Å². The summed E-state index contributed by atoms with van der Waals surface area (Å²) in [6.07, 6.45) is 3.22. The van der Waals surface area contributed by atoms with E-state index >= 15 is 0 Å². The van der Waals surface area contributed by atoms with Crippen LogP contribution < -0.4 is 16.1 Å². The minimum absolute atomic E-state index is 0.170. The Labute approximate surface area is 138 Å². The second-order valence-corrected chi connectivity index (χ2v) is 6.60. The Morgan fingerprint density at radius 1 is 1.22 bits per heavy atom. The van der Waals surface area contributed by atoms with Crippen molar-refractivity contribution >= 4 is 12.2 Å². The molecule has 0 aliphatic rings. The number of aromatic nitrogens is 4. The van der Waals surface area contributed by atoms with Crippen LogP contribution in [-0.2, 0) is 19.1 Å². The summed E-state index contributed by atoms with van der Waals surface area (Å²) >= 11 is 5.27. The molecular formula is C15H20N4O3S. The molecule has 0 N–H and O–H groups in total. The summed E-state index contributed by atoms with van der Waals surface area (Å²) < 4.78 is 9.20. The summed E-state index contributed by atoms with van der Waals surface area (Å²) in [5.74, 6) is 0.593. The smallest absolute Gasteiger partial charge is 0.335 e. The van der Waals surface area contributed by atoms with Gasteiger partial charge in [-0.15, -0.1) is 0 Å². The van der Waals surface area contributed by atoms with Crippen LogP contribution in [0.4, 0.5) is 0 Å². The zero-order valence-corrected chi connectivity index (χ0v) is 14.7. The minimum atomic E-state index is -0.649. The van der Waals surface area contributed by atoms with Crippen LogP contribution in [-0.4, -0.2) is 25.8 Å². The third-order valence-corrected chi connectivity index (χ3v) is 3.93. The third kappa shape index (κ3) is 3.26. The summed E-state index contributed by atoms with van der Waals surface area (Å²) in [4.78, 5) is 29.2. The number of pyridine rings is 1. The first kappa shape index (κ1) is 17.1. The lowest BCUT2D eigenvalue weighted by Crippen LogP contribution is -2.51. The summed E-state index contributed by atoms with van der Waals surface area (Å²) in [5.41, 5.74) is -0.749. The van der Waals surface area contributed by atoms with Gasteiger partial charge in [0.15, 0.2) is 4.77 Å². The molecule has 0 unspecified atom stereocenters. The second kappa shape index (κ2) is 6.11. The first-order valence-corrected chi connectivity index (χ1v) is 7.49. The Hall–Kier alpha value is -2.22. The van der Waals surface area contributed by atoms with Gasteiger partial charge in [-0.25, -0.2) is 14.2 Å². The van der Waals surface area contributed by atoms with E-state index in [0.717, 1.165) is 5.56 Å². The molecule has 8 heteroatoms. The molecule has 2 rings (SSSR count). The van der Waals surface area contributed by atoms with Crippen molar-refractivity contribution in [2.24, 2.45) is 7.05 Å². The Balaban J connectivity index is 2.68. The fraction of sp³-hybridized carbons (Fsp3) is 0.467. The molecule has 0 saturated carbocycles. The molecule has 0 spiro atoms. The topological polar surface area (TPSA) is 71.0 Å². The lowest BCUT2D eigenvalue weighted by Gasteiger charge is -2.23. The van der Waals surface area contributed by atoms with Gasteiger partial charge in [0.1, 0.15) is 5.75 Å². The van der Waals surface area contributed by atoms with Crippen molar-refractivity contribution in [3.63, 3.8) is 0 Å². The molecule has 2 heterocycles. The van der Waals surface area contributed by atoms with Gasteiger partial charge in [-0.3, -0.25) is 14.1 Å². The molecule has 0 radical (unpaired) electrons. The summed E-state index contributed by atoms with van der Waals surface area (Å²) in [6, 6.07) is 1.78. The van der Waals surface area contributed by atoms with E-state index in [-0.39, 0.29) is 11.3 Å². The van der Waals surface area contributed by atoms with Crippen molar-refractivity contribution in [2.75, 3.05) is 7.11 Å². The Morgan fingerprint density at radius 3 is 2.43 bits per heavy atom. The van der Waals surface area contributed by atoms with E-state index in [4.69, 9.17) is 17.0 Å². The van der Waals surface area contributed by atoms with Crippen molar-refractivity contribution < 1.29 is 4.74 Å². The minimum Gasteiger partial charge on any atom is -0.495 e. The van der Waals surface area contributed by atoms with Crippen molar-refractivity contribution in [1.29, 1.82) is 0 Å². The number of rotatable bonds is 3. The molecule has 0 aliphatic heterocycles. The molecule has 23 heavy (non-hydrogen) atoms. The number of hydrogen-bond acceptors (Lipinski definition) is 5. The fourth-order valence-corrected chi connectivity index (χ4v) is 2.47. The van der Waals surface area contributed by atoms with E-state index in [2.05, 4.69) is 4.98 Å². The standard InChI is InChI=1S/C15H20N4O3S/c1-15(2,3)19-12(20)17(4)14(23)18(13(19)21)9-10-6-11(22-5)8-16-7-10/h6-8H,9H2,1-5H3. The summed E-state index contributed by atoms with van der Waals surface area (Å²) in [6.45, 7) is 5.62. The van der Waals surface area contributed by atoms with E-state index in [9.17, 15) is 9.59 Å². The van der Waals surface area contributed by atoms with Gasteiger partial charge in [-0.1, -0.05) is 0 Å². The van der Waals surface area contributed by atoms with Crippen LogP contribution in [0.2, 0.25) is 0 Å². The highest BCUT2D eigenvalue weighted by atomic mass is 32.1. The van der Waals surface area contributed by atoms with Crippen LogP contribution in [0.1, 0.15) is 26.3 Å². The first-order chi connectivity index (χ1) is 10.7. The molecule has 0 atom stereocenters. The fourth-order valence-electron chi connectivity index (χ4n) is 2.25. The van der Waals surface area contributed by atoms with Gasteiger partial charge in [0.2, 0.25) is 0 Å².